The van der Waals surface area contributed by atoms with Crippen molar-refractivity contribution in [3.8, 4) is 0 Å². The van der Waals surface area contributed by atoms with Crippen LogP contribution in [0.4, 0.5) is 0 Å². The van der Waals surface area contributed by atoms with E-state index in [-0.39, 0.29) is 6.04 Å². The zero-order chi connectivity index (χ0) is 13.3. The summed E-state index contributed by atoms with van der Waals surface area (Å²) in [5.74, 6) is 0.682. The normalized spacial score (nSPS) is 12.5. The standard InChI is InChI=1S/C13H30N4/c1-6-16(7-2)10-9-11-17(8-3)13(14)15-12(4)5/h12H,6-11H2,1-5H3,(H2,14,15). The Morgan fingerprint density at radius 3 is 2.06 bits per heavy atom. The van der Waals surface area contributed by atoms with Gasteiger partial charge in [-0.15, -0.1) is 0 Å². The molecule has 0 heterocycles. The minimum Gasteiger partial charge on any atom is -0.370 e. The van der Waals surface area contributed by atoms with E-state index in [1.807, 2.05) is 0 Å². The highest BCUT2D eigenvalue weighted by atomic mass is 15.2. The maximum absolute atomic E-state index is 5.97. The first kappa shape index (κ1) is 16.2. The Morgan fingerprint density at radius 2 is 1.65 bits per heavy atom. The average molecular weight is 242 g/mol. The maximum atomic E-state index is 5.97. The highest BCUT2D eigenvalue weighted by molar-refractivity contribution is 5.78. The topological polar surface area (TPSA) is 44.9 Å². The van der Waals surface area contributed by atoms with Crippen LogP contribution in [0.15, 0.2) is 4.99 Å². The Hall–Kier alpha value is -0.770. The second-order valence-electron chi connectivity index (χ2n) is 4.54. The maximum Gasteiger partial charge on any atom is 0.191 e. The molecule has 0 spiro atoms. The van der Waals surface area contributed by atoms with E-state index in [1.165, 1.54) is 0 Å². The van der Waals surface area contributed by atoms with Gasteiger partial charge in [-0.05, 0) is 46.8 Å². The van der Waals surface area contributed by atoms with Gasteiger partial charge in [0.15, 0.2) is 5.96 Å². The zero-order valence-electron chi connectivity index (χ0n) is 12.2. The Balaban J connectivity index is 4.06. The number of rotatable bonds is 8. The molecule has 0 aliphatic carbocycles. The van der Waals surface area contributed by atoms with Crippen molar-refractivity contribution >= 4 is 5.96 Å². The molecule has 0 atom stereocenters. The summed E-state index contributed by atoms with van der Waals surface area (Å²) >= 11 is 0. The lowest BCUT2D eigenvalue weighted by molar-refractivity contribution is 0.283. The van der Waals surface area contributed by atoms with Crippen LogP contribution in [0.25, 0.3) is 0 Å². The third kappa shape index (κ3) is 7.21. The number of nitrogens with zero attached hydrogens (tertiary/aromatic N) is 3. The first-order valence-corrected chi connectivity index (χ1v) is 6.85. The fourth-order valence-corrected chi connectivity index (χ4v) is 1.81. The van der Waals surface area contributed by atoms with Crippen LogP contribution < -0.4 is 5.73 Å². The summed E-state index contributed by atoms with van der Waals surface area (Å²) in [5, 5.41) is 0. The van der Waals surface area contributed by atoms with Gasteiger partial charge in [-0.3, -0.25) is 4.99 Å². The number of hydrogen-bond donors (Lipinski definition) is 1. The number of guanidine groups is 1. The van der Waals surface area contributed by atoms with E-state index in [2.05, 4.69) is 49.4 Å². The van der Waals surface area contributed by atoms with Gasteiger partial charge in [-0.1, -0.05) is 13.8 Å². The first-order chi connectivity index (χ1) is 8.04. The lowest BCUT2D eigenvalue weighted by Crippen LogP contribution is -2.39. The van der Waals surface area contributed by atoms with Crippen molar-refractivity contribution in [2.24, 2.45) is 10.7 Å². The fourth-order valence-electron chi connectivity index (χ4n) is 1.81. The SMILES string of the molecule is CCN(CC)CCCN(CC)C(N)=NC(C)C. The lowest BCUT2D eigenvalue weighted by atomic mass is 10.3. The van der Waals surface area contributed by atoms with Crippen molar-refractivity contribution in [2.75, 3.05) is 32.7 Å². The van der Waals surface area contributed by atoms with Gasteiger partial charge < -0.3 is 15.5 Å². The Kier molecular flexibility index (Phi) is 8.86. The molecule has 0 aromatic rings. The molecule has 0 unspecified atom stereocenters. The Morgan fingerprint density at radius 1 is 1.06 bits per heavy atom. The molecule has 0 aromatic heterocycles. The van der Waals surface area contributed by atoms with Crippen LogP contribution in [0.1, 0.15) is 41.0 Å². The molecule has 4 heteroatoms. The van der Waals surface area contributed by atoms with Crippen LogP contribution in [-0.2, 0) is 0 Å². The van der Waals surface area contributed by atoms with Gasteiger partial charge in [0.25, 0.3) is 0 Å². The molecule has 0 amide bonds. The molecule has 0 radical (unpaired) electrons. The highest BCUT2D eigenvalue weighted by Gasteiger charge is 2.06. The third-order valence-electron chi connectivity index (χ3n) is 2.89. The van der Waals surface area contributed by atoms with E-state index >= 15 is 0 Å². The zero-order valence-corrected chi connectivity index (χ0v) is 12.2. The number of hydrogen-bond acceptors (Lipinski definition) is 2. The fraction of sp³-hybridized carbons (Fsp3) is 0.923. The van der Waals surface area contributed by atoms with Crippen molar-refractivity contribution in [1.29, 1.82) is 0 Å². The molecule has 102 valence electrons. The molecular weight excluding hydrogens is 212 g/mol. The summed E-state index contributed by atoms with van der Waals surface area (Å²) in [4.78, 5) is 8.98. The molecule has 0 aliphatic rings. The molecule has 4 nitrogen and oxygen atoms in total. The quantitative estimate of drug-likeness (QED) is 0.521. The minimum absolute atomic E-state index is 0.270. The van der Waals surface area contributed by atoms with Crippen molar-refractivity contribution in [3.63, 3.8) is 0 Å². The minimum atomic E-state index is 0.270. The van der Waals surface area contributed by atoms with Gasteiger partial charge >= 0.3 is 0 Å². The van der Waals surface area contributed by atoms with Crippen LogP contribution in [-0.4, -0.2) is 54.5 Å². The summed E-state index contributed by atoms with van der Waals surface area (Å²) in [7, 11) is 0. The summed E-state index contributed by atoms with van der Waals surface area (Å²) in [6.45, 7) is 15.9. The summed E-state index contributed by atoms with van der Waals surface area (Å²) in [5.41, 5.74) is 5.97. The largest absolute Gasteiger partial charge is 0.370 e. The van der Waals surface area contributed by atoms with E-state index in [0.717, 1.165) is 39.1 Å². The van der Waals surface area contributed by atoms with E-state index in [9.17, 15) is 0 Å². The van der Waals surface area contributed by atoms with Crippen LogP contribution in [0, 0.1) is 0 Å². The van der Waals surface area contributed by atoms with Gasteiger partial charge in [0.2, 0.25) is 0 Å². The first-order valence-electron chi connectivity index (χ1n) is 6.85. The van der Waals surface area contributed by atoms with Crippen LogP contribution in [0.3, 0.4) is 0 Å². The number of nitrogens with two attached hydrogens (primary N) is 1. The van der Waals surface area contributed by atoms with E-state index in [0.29, 0.717) is 5.96 Å². The molecule has 0 bridgehead atoms. The summed E-state index contributed by atoms with van der Waals surface area (Å²) < 4.78 is 0. The molecule has 0 saturated heterocycles. The van der Waals surface area contributed by atoms with E-state index in [1.54, 1.807) is 0 Å². The van der Waals surface area contributed by atoms with Crippen molar-refractivity contribution in [1.82, 2.24) is 9.80 Å². The van der Waals surface area contributed by atoms with Crippen molar-refractivity contribution in [3.05, 3.63) is 0 Å². The summed E-state index contributed by atoms with van der Waals surface area (Å²) in [6, 6.07) is 0.270. The highest BCUT2D eigenvalue weighted by Crippen LogP contribution is 1.97. The second-order valence-corrected chi connectivity index (χ2v) is 4.54. The number of aliphatic imine (C=N–C) groups is 1. The van der Waals surface area contributed by atoms with Gasteiger partial charge in [0, 0.05) is 19.1 Å². The monoisotopic (exact) mass is 242 g/mol. The van der Waals surface area contributed by atoms with Crippen molar-refractivity contribution < 1.29 is 0 Å². The molecule has 0 aliphatic heterocycles. The lowest BCUT2D eigenvalue weighted by Gasteiger charge is -2.24. The van der Waals surface area contributed by atoms with Gasteiger partial charge in [-0.25, -0.2) is 0 Å². The predicted molar refractivity (Wildman–Crippen MR) is 76.4 cm³/mol. The average Bonchev–Trinajstić information content (AvgIpc) is 2.28. The molecule has 2 N–H and O–H groups in total. The van der Waals surface area contributed by atoms with Crippen LogP contribution >= 0.6 is 0 Å². The van der Waals surface area contributed by atoms with Gasteiger partial charge in [0.05, 0.1) is 0 Å². The third-order valence-corrected chi connectivity index (χ3v) is 2.89. The van der Waals surface area contributed by atoms with Gasteiger partial charge in [0.1, 0.15) is 0 Å². The van der Waals surface area contributed by atoms with Crippen LogP contribution in [0.5, 0.6) is 0 Å². The smallest absolute Gasteiger partial charge is 0.191 e. The molecular formula is C13H30N4. The molecule has 0 fully saturated rings. The van der Waals surface area contributed by atoms with Crippen molar-refractivity contribution in [2.45, 2.75) is 47.1 Å². The van der Waals surface area contributed by atoms with Gasteiger partial charge in [-0.2, -0.15) is 0 Å². The molecule has 0 aromatic carbocycles. The summed E-state index contributed by atoms with van der Waals surface area (Å²) in [6.07, 6.45) is 1.14. The molecule has 0 saturated carbocycles. The van der Waals surface area contributed by atoms with E-state index < -0.39 is 0 Å². The Labute approximate surface area is 107 Å². The van der Waals surface area contributed by atoms with Crippen LogP contribution in [0.2, 0.25) is 0 Å². The molecule has 0 rings (SSSR count). The predicted octanol–water partition coefficient (Wildman–Crippen LogP) is 1.76. The molecule has 17 heavy (non-hydrogen) atoms. The van der Waals surface area contributed by atoms with E-state index in [4.69, 9.17) is 5.73 Å². The second kappa shape index (κ2) is 9.28. The Bertz CT molecular complexity index is 209.